The van der Waals surface area contributed by atoms with E-state index in [0.29, 0.717) is 57.8 Å². The van der Waals surface area contributed by atoms with E-state index >= 15 is 0 Å². The zero-order chi connectivity index (χ0) is 26.3. The Kier molecular flexibility index (Phi) is 5.81. The van der Waals surface area contributed by atoms with Crippen molar-refractivity contribution in [3.05, 3.63) is 54.9 Å². The molecule has 1 unspecified atom stereocenters. The van der Waals surface area contributed by atoms with Crippen LogP contribution in [0.5, 0.6) is 23.3 Å². The summed E-state index contributed by atoms with van der Waals surface area (Å²) in [6.45, 7) is 1.97. The number of nitrogens with zero attached hydrogens (tertiary/aromatic N) is 7. The summed E-state index contributed by atoms with van der Waals surface area (Å²) in [7, 11) is 1.62. The molecule has 2 aliphatic heterocycles. The van der Waals surface area contributed by atoms with Crippen molar-refractivity contribution in [1.29, 1.82) is 0 Å². The fraction of sp³-hybridized carbons (Fsp3) is 0.333. The maximum atomic E-state index is 6.39. The minimum atomic E-state index is 0.0961. The predicted molar refractivity (Wildman–Crippen MR) is 143 cm³/mol. The molecule has 2 saturated heterocycles. The molecule has 198 valence electrons. The lowest BCUT2D eigenvalue weighted by Crippen LogP contribution is -2.42. The fourth-order valence-corrected chi connectivity index (χ4v) is 5.39. The number of nitrogens with one attached hydrogen (secondary N) is 2. The van der Waals surface area contributed by atoms with E-state index in [2.05, 4.69) is 35.7 Å². The first-order valence-corrected chi connectivity index (χ1v) is 12.9. The summed E-state index contributed by atoms with van der Waals surface area (Å²) in [6, 6.07) is 10.4. The van der Waals surface area contributed by atoms with E-state index in [4.69, 9.17) is 19.2 Å². The van der Waals surface area contributed by atoms with Crippen LogP contribution < -0.4 is 24.8 Å². The van der Waals surface area contributed by atoms with Crippen molar-refractivity contribution in [1.82, 2.24) is 39.9 Å². The third-order valence-electron chi connectivity index (χ3n) is 7.27. The van der Waals surface area contributed by atoms with Gasteiger partial charge >= 0.3 is 0 Å². The van der Waals surface area contributed by atoms with Gasteiger partial charge in [-0.3, -0.25) is 0 Å². The van der Waals surface area contributed by atoms with Gasteiger partial charge in [-0.15, -0.1) is 0 Å². The van der Waals surface area contributed by atoms with Gasteiger partial charge < -0.3 is 24.8 Å². The number of hydrogen-bond donors (Lipinski definition) is 2. The molecular weight excluding hydrogens is 498 g/mol. The summed E-state index contributed by atoms with van der Waals surface area (Å²) < 4.78 is 19.6. The molecule has 2 aliphatic rings. The van der Waals surface area contributed by atoms with Crippen molar-refractivity contribution in [3.8, 4) is 23.3 Å². The van der Waals surface area contributed by atoms with Gasteiger partial charge in [-0.2, -0.15) is 5.10 Å². The normalized spacial score (nSPS) is 20.3. The van der Waals surface area contributed by atoms with Crippen LogP contribution in [-0.4, -0.2) is 59.8 Å². The molecule has 3 atom stereocenters. The monoisotopic (exact) mass is 525 g/mol. The highest BCUT2D eigenvalue weighted by atomic mass is 16.5. The number of ether oxygens (including phenoxy) is 3. The van der Waals surface area contributed by atoms with Gasteiger partial charge in [0, 0.05) is 29.9 Å². The molecule has 0 amide bonds. The molecule has 12 nitrogen and oxygen atoms in total. The smallest absolute Gasteiger partial charge is 0.258 e. The first-order chi connectivity index (χ1) is 19.1. The molecule has 1 aromatic carbocycles. The number of pyridine rings is 1. The Balaban J connectivity index is 1.14. The van der Waals surface area contributed by atoms with Crippen molar-refractivity contribution in [2.24, 2.45) is 0 Å². The second kappa shape index (κ2) is 9.62. The standard InChI is InChI=1S/C27H27N9O3/c1-15-7-16(5-6-21(15)39-24-11-23-29-13-32-36(23)14-31-24)34-26-25-20(28-12-30-26)10-22(37-2)27(35-25)38-19-8-17-3-4-18(9-19)33-17/h5-7,10-14,17-19,33H,3-4,8-9H2,1-2H3,(H,28,30,34)/t17-,18+,19?. The Labute approximate surface area is 223 Å². The van der Waals surface area contributed by atoms with Crippen LogP contribution in [0, 0.1) is 6.92 Å². The van der Waals surface area contributed by atoms with E-state index in [1.807, 2.05) is 31.2 Å². The molecule has 12 heteroatoms. The number of piperidine rings is 1. The van der Waals surface area contributed by atoms with Gasteiger partial charge in [0.05, 0.1) is 12.6 Å². The van der Waals surface area contributed by atoms with E-state index in [9.17, 15) is 0 Å². The van der Waals surface area contributed by atoms with E-state index in [0.717, 1.165) is 24.1 Å². The van der Waals surface area contributed by atoms with E-state index in [-0.39, 0.29) is 6.10 Å². The fourth-order valence-electron chi connectivity index (χ4n) is 5.39. The summed E-state index contributed by atoms with van der Waals surface area (Å²) in [6.07, 6.45) is 8.97. The zero-order valence-electron chi connectivity index (χ0n) is 21.5. The Hall–Kier alpha value is -4.58. The second-order valence-corrected chi connectivity index (χ2v) is 9.93. The average molecular weight is 526 g/mol. The van der Waals surface area contributed by atoms with Crippen LogP contribution in [-0.2, 0) is 0 Å². The van der Waals surface area contributed by atoms with Crippen LogP contribution in [0.2, 0.25) is 0 Å². The lowest BCUT2D eigenvalue weighted by atomic mass is 10.0. The minimum Gasteiger partial charge on any atom is -0.491 e. The molecule has 0 aliphatic carbocycles. The molecule has 4 aromatic heterocycles. The molecule has 0 saturated carbocycles. The van der Waals surface area contributed by atoms with Crippen molar-refractivity contribution >= 4 is 28.2 Å². The number of aromatic nitrogens is 7. The minimum absolute atomic E-state index is 0.0961. The molecule has 0 radical (unpaired) electrons. The molecule has 5 aromatic rings. The topological polar surface area (TPSA) is 134 Å². The Morgan fingerprint density at radius 1 is 0.974 bits per heavy atom. The first-order valence-electron chi connectivity index (χ1n) is 12.9. The van der Waals surface area contributed by atoms with Crippen molar-refractivity contribution in [2.45, 2.75) is 50.8 Å². The summed E-state index contributed by atoms with van der Waals surface area (Å²) >= 11 is 0. The van der Waals surface area contributed by atoms with E-state index in [1.165, 1.54) is 25.5 Å². The number of hydrogen-bond acceptors (Lipinski definition) is 11. The first kappa shape index (κ1) is 23.5. The molecule has 2 N–H and O–H groups in total. The number of methoxy groups -OCH3 is 1. The highest BCUT2D eigenvalue weighted by Gasteiger charge is 2.35. The molecule has 7 rings (SSSR count). The summed E-state index contributed by atoms with van der Waals surface area (Å²) in [5.74, 6) is 2.72. The Bertz CT molecular complexity index is 1660. The number of rotatable bonds is 7. The van der Waals surface area contributed by atoms with E-state index < -0.39 is 0 Å². The van der Waals surface area contributed by atoms with Gasteiger partial charge in [0.25, 0.3) is 5.88 Å². The van der Waals surface area contributed by atoms with Crippen molar-refractivity contribution < 1.29 is 14.2 Å². The van der Waals surface area contributed by atoms with Gasteiger partial charge in [-0.05, 0) is 56.4 Å². The SMILES string of the molecule is COc1cc2ncnc(Nc3ccc(Oc4cc5ncnn5cn4)c(C)c3)c2nc1OC1C[C@H]2CC[C@@H](C1)N2. The van der Waals surface area contributed by atoms with Crippen LogP contribution in [0.3, 0.4) is 0 Å². The number of fused-ring (bicyclic) bond motifs is 4. The lowest BCUT2D eigenvalue weighted by Gasteiger charge is -2.29. The molecule has 39 heavy (non-hydrogen) atoms. The van der Waals surface area contributed by atoms with Gasteiger partial charge in [0.15, 0.2) is 17.2 Å². The molecule has 6 heterocycles. The third kappa shape index (κ3) is 4.63. The Morgan fingerprint density at radius 3 is 2.67 bits per heavy atom. The average Bonchev–Trinajstić information content (AvgIpc) is 3.55. The van der Waals surface area contributed by atoms with Gasteiger partial charge in [0.2, 0.25) is 5.88 Å². The summed E-state index contributed by atoms with van der Waals surface area (Å²) in [4.78, 5) is 22.2. The third-order valence-corrected chi connectivity index (χ3v) is 7.27. The molecular formula is C27H27N9O3. The van der Waals surface area contributed by atoms with E-state index in [1.54, 1.807) is 24.0 Å². The second-order valence-electron chi connectivity index (χ2n) is 9.93. The maximum absolute atomic E-state index is 6.39. The van der Waals surface area contributed by atoms with Crippen LogP contribution in [0.4, 0.5) is 11.5 Å². The number of benzene rings is 1. The zero-order valence-corrected chi connectivity index (χ0v) is 21.5. The summed E-state index contributed by atoms with van der Waals surface area (Å²) in [5.41, 5.74) is 3.67. The quantitative estimate of drug-likeness (QED) is 0.320. The van der Waals surface area contributed by atoms with Crippen LogP contribution in [0.25, 0.3) is 16.7 Å². The van der Waals surface area contributed by atoms with Crippen LogP contribution in [0.15, 0.2) is 49.3 Å². The van der Waals surface area contributed by atoms with Gasteiger partial charge in [-0.1, -0.05) is 0 Å². The van der Waals surface area contributed by atoms with Crippen LogP contribution >= 0.6 is 0 Å². The molecule has 2 bridgehead atoms. The maximum Gasteiger partial charge on any atom is 0.258 e. The largest absolute Gasteiger partial charge is 0.491 e. The van der Waals surface area contributed by atoms with Crippen LogP contribution in [0.1, 0.15) is 31.2 Å². The highest BCUT2D eigenvalue weighted by Crippen LogP contribution is 2.36. The summed E-state index contributed by atoms with van der Waals surface area (Å²) in [5, 5.41) is 11.1. The molecule has 2 fully saturated rings. The van der Waals surface area contributed by atoms with Gasteiger partial charge in [-0.25, -0.2) is 29.4 Å². The lowest BCUT2D eigenvalue weighted by molar-refractivity contribution is 0.127. The Morgan fingerprint density at radius 2 is 1.85 bits per heavy atom. The highest BCUT2D eigenvalue weighted by molar-refractivity contribution is 5.88. The van der Waals surface area contributed by atoms with Crippen molar-refractivity contribution in [2.75, 3.05) is 12.4 Å². The number of aryl methyl sites for hydroxylation is 1. The molecule has 0 spiro atoms. The van der Waals surface area contributed by atoms with Crippen molar-refractivity contribution in [3.63, 3.8) is 0 Å². The predicted octanol–water partition coefficient (Wildman–Crippen LogP) is 3.98. The van der Waals surface area contributed by atoms with Gasteiger partial charge in [0.1, 0.15) is 36.4 Å². The number of anilines is 2.